The molecule has 0 aliphatic heterocycles. The molecule has 1 aromatic heterocycles. The molecule has 0 saturated carbocycles. The highest BCUT2D eigenvalue weighted by Gasteiger charge is 2.20. The van der Waals surface area contributed by atoms with Gasteiger partial charge in [0.05, 0.1) is 13.7 Å². The Morgan fingerprint density at radius 2 is 1.89 bits per heavy atom. The van der Waals surface area contributed by atoms with Crippen molar-refractivity contribution in [3.05, 3.63) is 40.3 Å². The van der Waals surface area contributed by atoms with E-state index in [0.29, 0.717) is 22.9 Å². The van der Waals surface area contributed by atoms with Crippen molar-refractivity contribution in [2.24, 2.45) is 0 Å². The van der Waals surface area contributed by atoms with Crippen molar-refractivity contribution in [3.63, 3.8) is 0 Å². The Balaban J connectivity index is 2.03. The number of rotatable bonds is 8. The molecule has 0 fully saturated rings. The third-order valence-corrected chi connectivity index (χ3v) is 5.14. The van der Waals surface area contributed by atoms with Crippen molar-refractivity contribution in [3.8, 4) is 5.75 Å². The molecule has 1 heterocycles. The number of methoxy groups -OCH3 is 1. The molecule has 0 unspecified atom stereocenters. The maximum absolute atomic E-state index is 12.7. The monoisotopic (exact) mass is 404 g/mol. The van der Waals surface area contributed by atoms with Gasteiger partial charge >= 0.3 is 6.03 Å². The number of thiazole rings is 1. The summed E-state index contributed by atoms with van der Waals surface area (Å²) in [6, 6.07) is 7.00. The zero-order chi connectivity index (χ0) is 20.7. The van der Waals surface area contributed by atoms with Gasteiger partial charge in [0.1, 0.15) is 16.5 Å². The van der Waals surface area contributed by atoms with Gasteiger partial charge in [-0.1, -0.05) is 6.92 Å². The SMILES string of the molecule is CC[C@H](C)NC(=O)c1csc(CN(C(=O)Nc2ccc(OC)cc2)C(C)C)n1. The Morgan fingerprint density at radius 1 is 1.21 bits per heavy atom. The van der Waals surface area contributed by atoms with E-state index in [1.165, 1.54) is 11.3 Å². The Morgan fingerprint density at radius 3 is 2.46 bits per heavy atom. The van der Waals surface area contributed by atoms with E-state index >= 15 is 0 Å². The standard InChI is InChI=1S/C20H28N4O3S/c1-6-14(4)21-19(25)17-12-28-18(23-17)11-24(13(2)3)20(26)22-15-7-9-16(27-5)10-8-15/h7-10,12-14H,6,11H2,1-5H3,(H,21,25)(H,22,26)/t14-/m0/s1. The van der Waals surface area contributed by atoms with Gasteiger partial charge in [0.25, 0.3) is 5.91 Å². The number of hydrogen-bond donors (Lipinski definition) is 2. The van der Waals surface area contributed by atoms with Crippen LogP contribution in [0.4, 0.5) is 10.5 Å². The van der Waals surface area contributed by atoms with Crippen LogP contribution in [0, 0.1) is 0 Å². The van der Waals surface area contributed by atoms with Crippen LogP contribution in [0.1, 0.15) is 49.6 Å². The van der Waals surface area contributed by atoms with Crippen molar-refractivity contribution < 1.29 is 14.3 Å². The molecule has 0 aliphatic rings. The number of aromatic nitrogens is 1. The first-order chi connectivity index (χ1) is 13.3. The highest BCUT2D eigenvalue weighted by molar-refractivity contribution is 7.09. The number of carbonyl (C=O) groups is 2. The summed E-state index contributed by atoms with van der Waals surface area (Å²) in [5.74, 6) is 0.542. The summed E-state index contributed by atoms with van der Waals surface area (Å²) in [6.45, 7) is 8.19. The number of amides is 3. The number of hydrogen-bond acceptors (Lipinski definition) is 5. The highest BCUT2D eigenvalue weighted by Crippen LogP contribution is 2.18. The van der Waals surface area contributed by atoms with E-state index in [-0.39, 0.29) is 24.0 Å². The minimum Gasteiger partial charge on any atom is -0.497 e. The molecule has 2 N–H and O–H groups in total. The Kier molecular flexibility index (Phi) is 7.80. The van der Waals surface area contributed by atoms with E-state index in [0.717, 1.165) is 12.2 Å². The first-order valence-corrected chi connectivity index (χ1v) is 10.2. The van der Waals surface area contributed by atoms with Crippen LogP contribution in [0.15, 0.2) is 29.6 Å². The first-order valence-electron chi connectivity index (χ1n) is 9.31. The Hall–Kier alpha value is -2.61. The summed E-state index contributed by atoms with van der Waals surface area (Å²) in [5.41, 5.74) is 1.07. The van der Waals surface area contributed by atoms with Crippen LogP contribution in [-0.4, -0.2) is 41.0 Å². The molecular formula is C20H28N4O3S. The van der Waals surface area contributed by atoms with E-state index in [1.807, 2.05) is 27.7 Å². The van der Waals surface area contributed by atoms with Gasteiger partial charge in [-0.25, -0.2) is 9.78 Å². The normalized spacial score (nSPS) is 11.8. The minimum absolute atomic E-state index is 0.0282. The molecule has 1 atom stereocenters. The number of ether oxygens (including phenoxy) is 1. The Labute approximate surface area is 170 Å². The molecule has 2 aromatic rings. The van der Waals surface area contributed by atoms with Crippen molar-refractivity contribution in [1.82, 2.24) is 15.2 Å². The van der Waals surface area contributed by atoms with Gasteiger partial charge in [0.15, 0.2) is 0 Å². The van der Waals surface area contributed by atoms with E-state index in [2.05, 4.69) is 15.6 Å². The highest BCUT2D eigenvalue weighted by atomic mass is 32.1. The topological polar surface area (TPSA) is 83.6 Å². The predicted octanol–water partition coefficient (Wildman–Crippen LogP) is 4.12. The average Bonchev–Trinajstić information content (AvgIpc) is 3.15. The average molecular weight is 405 g/mol. The van der Waals surface area contributed by atoms with Gasteiger partial charge in [-0.15, -0.1) is 11.3 Å². The fourth-order valence-corrected chi connectivity index (χ4v) is 3.16. The molecule has 1 aromatic carbocycles. The summed E-state index contributed by atoms with van der Waals surface area (Å²) in [4.78, 5) is 31.0. The molecule has 0 radical (unpaired) electrons. The van der Waals surface area contributed by atoms with Crippen molar-refractivity contribution in [1.29, 1.82) is 0 Å². The molecule has 0 bridgehead atoms. The zero-order valence-corrected chi connectivity index (χ0v) is 17.8. The first kappa shape index (κ1) is 21.7. The van der Waals surface area contributed by atoms with E-state index < -0.39 is 0 Å². The second kappa shape index (κ2) is 10.1. The van der Waals surface area contributed by atoms with Crippen molar-refractivity contribution in [2.45, 2.75) is 52.7 Å². The van der Waals surface area contributed by atoms with Crippen LogP contribution >= 0.6 is 11.3 Å². The molecule has 28 heavy (non-hydrogen) atoms. The summed E-state index contributed by atoms with van der Waals surface area (Å²) >= 11 is 1.38. The smallest absolute Gasteiger partial charge is 0.322 e. The molecule has 8 heteroatoms. The summed E-state index contributed by atoms with van der Waals surface area (Å²) in [5, 5.41) is 8.23. The molecule has 7 nitrogen and oxygen atoms in total. The second-order valence-corrected chi connectivity index (χ2v) is 7.73. The lowest BCUT2D eigenvalue weighted by Gasteiger charge is -2.26. The van der Waals surface area contributed by atoms with Crippen LogP contribution in [0.25, 0.3) is 0 Å². The van der Waals surface area contributed by atoms with Gasteiger partial charge in [0.2, 0.25) is 0 Å². The molecular weight excluding hydrogens is 376 g/mol. The minimum atomic E-state index is -0.221. The number of benzene rings is 1. The predicted molar refractivity (Wildman–Crippen MR) is 112 cm³/mol. The van der Waals surface area contributed by atoms with Crippen LogP contribution in [0.2, 0.25) is 0 Å². The molecule has 0 aliphatic carbocycles. The van der Waals surface area contributed by atoms with E-state index in [1.54, 1.807) is 41.7 Å². The third-order valence-electron chi connectivity index (χ3n) is 4.31. The quantitative estimate of drug-likeness (QED) is 0.693. The van der Waals surface area contributed by atoms with Gasteiger partial charge in [-0.05, 0) is 51.5 Å². The van der Waals surface area contributed by atoms with Crippen molar-refractivity contribution in [2.75, 3.05) is 12.4 Å². The van der Waals surface area contributed by atoms with Gasteiger partial charge < -0.3 is 20.3 Å². The van der Waals surface area contributed by atoms with Crippen LogP contribution in [0.3, 0.4) is 0 Å². The summed E-state index contributed by atoms with van der Waals surface area (Å²) in [7, 11) is 1.60. The molecule has 152 valence electrons. The van der Waals surface area contributed by atoms with Gasteiger partial charge in [-0.3, -0.25) is 4.79 Å². The van der Waals surface area contributed by atoms with Crippen LogP contribution in [-0.2, 0) is 6.54 Å². The number of carbonyl (C=O) groups excluding carboxylic acids is 2. The maximum Gasteiger partial charge on any atom is 0.322 e. The summed E-state index contributed by atoms with van der Waals surface area (Å²) < 4.78 is 5.13. The van der Waals surface area contributed by atoms with Crippen molar-refractivity contribution >= 4 is 29.0 Å². The van der Waals surface area contributed by atoms with Gasteiger partial charge in [-0.2, -0.15) is 0 Å². The maximum atomic E-state index is 12.7. The van der Waals surface area contributed by atoms with Crippen LogP contribution in [0.5, 0.6) is 5.75 Å². The van der Waals surface area contributed by atoms with Crippen LogP contribution < -0.4 is 15.4 Å². The molecule has 3 amide bonds. The third kappa shape index (κ3) is 5.95. The zero-order valence-electron chi connectivity index (χ0n) is 17.0. The molecule has 0 spiro atoms. The number of urea groups is 1. The molecule has 0 saturated heterocycles. The fourth-order valence-electron chi connectivity index (χ4n) is 2.39. The van der Waals surface area contributed by atoms with E-state index in [4.69, 9.17) is 4.74 Å². The summed E-state index contributed by atoms with van der Waals surface area (Å²) in [6.07, 6.45) is 0.857. The second-order valence-electron chi connectivity index (χ2n) is 6.79. The van der Waals surface area contributed by atoms with Gasteiger partial charge in [0, 0.05) is 23.2 Å². The Bertz CT molecular complexity index is 789. The largest absolute Gasteiger partial charge is 0.497 e. The lowest BCUT2D eigenvalue weighted by Crippen LogP contribution is -2.39. The number of nitrogens with zero attached hydrogens (tertiary/aromatic N) is 2. The number of nitrogens with one attached hydrogen (secondary N) is 2. The number of anilines is 1. The molecule has 2 rings (SSSR count). The lowest BCUT2D eigenvalue weighted by atomic mass is 10.2. The van der Waals surface area contributed by atoms with E-state index in [9.17, 15) is 9.59 Å². The lowest BCUT2D eigenvalue weighted by molar-refractivity contribution is 0.0934. The fraction of sp³-hybridized carbons (Fsp3) is 0.450.